The van der Waals surface area contributed by atoms with Crippen LogP contribution >= 0.6 is 11.6 Å². The van der Waals surface area contributed by atoms with E-state index in [9.17, 15) is 13.2 Å². The van der Waals surface area contributed by atoms with Crippen LogP contribution in [0.1, 0.15) is 10.4 Å². The molecule has 0 spiro atoms. The third-order valence-electron chi connectivity index (χ3n) is 4.23. The van der Waals surface area contributed by atoms with Gasteiger partial charge in [-0.1, -0.05) is 35.9 Å². The predicted molar refractivity (Wildman–Crippen MR) is 120 cm³/mol. The average molecular weight is 461 g/mol. The topological polar surface area (TPSA) is 93.7 Å². The molecule has 0 aliphatic heterocycles. The van der Waals surface area contributed by atoms with Gasteiger partial charge in [-0.05, 0) is 42.5 Å². The molecule has 0 saturated heterocycles. The maximum absolute atomic E-state index is 12.4. The van der Waals surface area contributed by atoms with Gasteiger partial charge < -0.3 is 14.8 Å². The van der Waals surface area contributed by atoms with Gasteiger partial charge in [-0.15, -0.1) is 0 Å². The molecular weight excluding hydrogens is 440 g/mol. The van der Waals surface area contributed by atoms with E-state index in [4.69, 9.17) is 21.1 Å². The Morgan fingerprint density at radius 3 is 2.42 bits per heavy atom. The van der Waals surface area contributed by atoms with Gasteiger partial charge in [0.25, 0.3) is 15.9 Å². The zero-order valence-electron chi connectivity index (χ0n) is 16.7. The van der Waals surface area contributed by atoms with E-state index < -0.39 is 10.0 Å². The molecule has 2 N–H and O–H groups in total. The molecule has 1 amide bonds. The van der Waals surface area contributed by atoms with E-state index in [1.54, 1.807) is 37.4 Å². The Hall–Kier alpha value is -3.23. The summed E-state index contributed by atoms with van der Waals surface area (Å²) < 4.78 is 38.0. The van der Waals surface area contributed by atoms with Crippen molar-refractivity contribution in [3.8, 4) is 11.5 Å². The quantitative estimate of drug-likeness (QED) is 0.471. The number of carbonyl (C=O) groups excluding carboxylic acids is 1. The van der Waals surface area contributed by atoms with Gasteiger partial charge >= 0.3 is 0 Å². The number of nitrogens with one attached hydrogen (secondary N) is 2. The number of rotatable bonds is 9. The summed E-state index contributed by atoms with van der Waals surface area (Å²) in [4.78, 5) is 12.5. The van der Waals surface area contributed by atoms with Gasteiger partial charge in [0.05, 0.1) is 29.3 Å². The van der Waals surface area contributed by atoms with Crippen molar-refractivity contribution in [2.24, 2.45) is 0 Å². The van der Waals surface area contributed by atoms with Crippen molar-refractivity contribution in [2.45, 2.75) is 4.90 Å². The Morgan fingerprint density at radius 1 is 0.968 bits per heavy atom. The van der Waals surface area contributed by atoms with Crippen LogP contribution in [-0.2, 0) is 10.0 Å². The second-order valence-corrected chi connectivity index (χ2v) is 8.49. The fourth-order valence-electron chi connectivity index (χ4n) is 2.67. The zero-order chi connectivity index (χ0) is 22.3. The number of ether oxygens (including phenoxy) is 2. The molecule has 9 heteroatoms. The number of hydrogen-bond donors (Lipinski definition) is 2. The van der Waals surface area contributed by atoms with Crippen LogP contribution in [0.4, 0.5) is 5.69 Å². The predicted octanol–water partition coefficient (Wildman–Crippen LogP) is 3.96. The van der Waals surface area contributed by atoms with Crippen molar-refractivity contribution >= 4 is 33.2 Å². The second kappa shape index (κ2) is 10.2. The lowest BCUT2D eigenvalue weighted by Crippen LogP contribution is -2.28. The van der Waals surface area contributed by atoms with E-state index in [2.05, 4.69) is 10.0 Å². The summed E-state index contributed by atoms with van der Waals surface area (Å²) in [5.41, 5.74) is 0.484. The van der Waals surface area contributed by atoms with Gasteiger partial charge in [0.15, 0.2) is 0 Å². The van der Waals surface area contributed by atoms with Gasteiger partial charge in [-0.25, -0.2) is 8.42 Å². The normalized spacial score (nSPS) is 10.9. The molecule has 0 saturated carbocycles. The fourth-order valence-corrected chi connectivity index (χ4v) is 4.05. The Balaban J connectivity index is 1.56. The number of hydrogen-bond acceptors (Lipinski definition) is 5. The summed E-state index contributed by atoms with van der Waals surface area (Å²) in [6, 6.07) is 19.4. The molecule has 162 valence electrons. The molecule has 0 atom stereocenters. The SMILES string of the molecule is COc1cccc(OCCNC(=O)c2ccc(NS(=O)(=O)c3ccccc3)c(Cl)c2)c1. The van der Waals surface area contributed by atoms with Crippen LogP contribution in [0.5, 0.6) is 11.5 Å². The third kappa shape index (κ3) is 6.13. The van der Waals surface area contributed by atoms with Crippen LogP contribution < -0.4 is 19.5 Å². The van der Waals surface area contributed by atoms with E-state index in [0.717, 1.165) is 0 Å². The van der Waals surface area contributed by atoms with Crippen molar-refractivity contribution in [1.82, 2.24) is 5.32 Å². The lowest BCUT2D eigenvalue weighted by Gasteiger charge is -2.12. The molecule has 0 aliphatic rings. The maximum atomic E-state index is 12.4. The lowest BCUT2D eigenvalue weighted by atomic mass is 10.2. The number of carbonyl (C=O) groups is 1. The van der Waals surface area contributed by atoms with Crippen molar-refractivity contribution in [3.63, 3.8) is 0 Å². The number of benzene rings is 3. The summed E-state index contributed by atoms with van der Waals surface area (Å²) in [5, 5.41) is 2.84. The summed E-state index contributed by atoms with van der Waals surface area (Å²) in [5.74, 6) is 0.958. The highest BCUT2D eigenvalue weighted by Gasteiger charge is 2.16. The minimum atomic E-state index is -3.78. The van der Waals surface area contributed by atoms with Crippen molar-refractivity contribution in [2.75, 3.05) is 25.0 Å². The molecule has 0 heterocycles. The Morgan fingerprint density at radius 2 is 1.71 bits per heavy atom. The van der Waals surface area contributed by atoms with Crippen molar-refractivity contribution < 1.29 is 22.7 Å². The van der Waals surface area contributed by atoms with Gasteiger partial charge in [0.2, 0.25) is 0 Å². The maximum Gasteiger partial charge on any atom is 0.261 e. The van der Waals surface area contributed by atoms with Gasteiger partial charge in [0, 0.05) is 11.6 Å². The third-order valence-corrected chi connectivity index (χ3v) is 5.92. The van der Waals surface area contributed by atoms with E-state index in [0.29, 0.717) is 17.1 Å². The first-order valence-electron chi connectivity index (χ1n) is 9.31. The standard InChI is InChI=1S/C22H21ClN2O5S/c1-29-17-6-5-7-18(15-17)30-13-12-24-22(26)16-10-11-21(20(23)14-16)25-31(27,28)19-8-3-2-4-9-19/h2-11,14-15,25H,12-13H2,1H3,(H,24,26). The molecule has 31 heavy (non-hydrogen) atoms. The monoisotopic (exact) mass is 460 g/mol. The van der Waals surface area contributed by atoms with Gasteiger partial charge in [-0.2, -0.15) is 0 Å². The summed E-state index contributed by atoms with van der Waals surface area (Å²) >= 11 is 6.19. The summed E-state index contributed by atoms with van der Waals surface area (Å²) in [6.45, 7) is 0.539. The molecule has 0 bridgehead atoms. The van der Waals surface area contributed by atoms with E-state index in [1.165, 1.54) is 30.3 Å². The molecular formula is C22H21ClN2O5S. The van der Waals surface area contributed by atoms with Crippen molar-refractivity contribution in [1.29, 1.82) is 0 Å². The molecule has 3 aromatic carbocycles. The number of methoxy groups -OCH3 is 1. The number of anilines is 1. The highest BCUT2D eigenvalue weighted by atomic mass is 35.5. The molecule has 0 aromatic heterocycles. The van der Waals surface area contributed by atoms with E-state index in [-0.39, 0.29) is 34.7 Å². The lowest BCUT2D eigenvalue weighted by molar-refractivity contribution is 0.0947. The summed E-state index contributed by atoms with van der Waals surface area (Å²) in [6.07, 6.45) is 0. The molecule has 0 unspecified atom stereocenters. The van der Waals surface area contributed by atoms with Crippen LogP contribution in [0.15, 0.2) is 77.7 Å². The minimum absolute atomic E-state index is 0.111. The van der Waals surface area contributed by atoms with Crippen LogP contribution in [0.3, 0.4) is 0 Å². The van der Waals surface area contributed by atoms with E-state index in [1.807, 2.05) is 12.1 Å². The fraction of sp³-hybridized carbons (Fsp3) is 0.136. The smallest absolute Gasteiger partial charge is 0.261 e. The number of sulfonamides is 1. The molecule has 3 aromatic rings. The van der Waals surface area contributed by atoms with Gasteiger partial charge in [-0.3, -0.25) is 9.52 Å². The minimum Gasteiger partial charge on any atom is -0.497 e. The first-order chi connectivity index (χ1) is 14.9. The number of amides is 1. The van der Waals surface area contributed by atoms with E-state index >= 15 is 0 Å². The van der Waals surface area contributed by atoms with Gasteiger partial charge in [0.1, 0.15) is 18.1 Å². The first kappa shape index (κ1) is 22.5. The average Bonchev–Trinajstić information content (AvgIpc) is 2.78. The Bertz CT molecular complexity index is 1150. The van der Waals surface area contributed by atoms with Crippen LogP contribution in [0.2, 0.25) is 5.02 Å². The largest absolute Gasteiger partial charge is 0.497 e. The highest BCUT2D eigenvalue weighted by Crippen LogP contribution is 2.26. The Labute approximate surface area is 186 Å². The van der Waals surface area contributed by atoms with Crippen LogP contribution in [0.25, 0.3) is 0 Å². The van der Waals surface area contributed by atoms with Crippen LogP contribution in [0, 0.1) is 0 Å². The molecule has 0 aliphatic carbocycles. The first-order valence-corrected chi connectivity index (χ1v) is 11.2. The zero-order valence-corrected chi connectivity index (χ0v) is 18.2. The molecule has 0 fully saturated rings. The van der Waals surface area contributed by atoms with Crippen molar-refractivity contribution in [3.05, 3.63) is 83.4 Å². The second-order valence-electron chi connectivity index (χ2n) is 6.40. The van der Waals surface area contributed by atoms with Crippen LogP contribution in [-0.4, -0.2) is 34.6 Å². The molecule has 7 nitrogen and oxygen atoms in total. The molecule has 0 radical (unpaired) electrons. The Kier molecular flexibility index (Phi) is 7.38. The summed E-state index contributed by atoms with van der Waals surface area (Å²) in [7, 11) is -2.21. The molecule has 3 rings (SSSR count). The highest BCUT2D eigenvalue weighted by molar-refractivity contribution is 7.92. The number of halogens is 1.